The Morgan fingerprint density at radius 1 is 1.13 bits per heavy atom. The zero-order valence-electron chi connectivity index (χ0n) is 16.2. The Balaban J connectivity index is 1.73. The molecule has 1 N–H and O–H groups in total. The van der Waals surface area contributed by atoms with E-state index in [1.165, 1.54) is 40.4 Å². The monoisotopic (exact) mass is 486 g/mol. The van der Waals surface area contributed by atoms with Crippen LogP contribution in [0.4, 0.5) is 10.1 Å². The highest BCUT2D eigenvalue weighted by Gasteiger charge is 2.27. The highest BCUT2D eigenvalue weighted by atomic mass is 35.5. The van der Waals surface area contributed by atoms with Gasteiger partial charge in [-0.15, -0.1) is 0 Å². The van der Waals surface area contributed by atoms with Gasteiger partial charge in [-0.2, -0.15) is 12.7 Å². The number of nitrogens with zero attached hydrogens (tertiary/aromatic N) is 3. The number of ether oxygens (including phenoxy) is 1. The molecule has 2 heterocycles. The summed E-state index contributed by atoms with van der Waals surface area (Å²) >= 11 is 12.6. The van der Waals surface area contributed by atoms with Crippen LogP contribution in [0, 0.1) is 5.82 Å². The summed E-state index contributed by atoms with van der Waals surface area (Å²) in [7, 11) is -2.32. The van der Waals surface area contributed by atoms with E-state index in [1.807, 2.05) is 0 Å². The van der Waals surface area contributed by atoms with E-state index < -0.39 is 27.3 Å². The number of halogens is 3. The molecule has 1 aliphatic heterocycles. The quantitative estimate of drug-likeness (QED) is 0.589. The SMILES string of the molecule is Cn1cnc2ccc(Oc3c(F)ccc(NS(=O)(=O)N4CCCC4)c3Cl)c(Cl)c2c1=O. The molecule has 0 unspecified atom stereocenters. The fourth-order valence-electron chi connectivity index (χ4n) is 3.26. The first kappa shape index (κ1) is 21.8. The van der Waals surface area contributed by atoms with Crippen LogP contribution in [0.1, 0.15) is 12.8 Å². The Morgan fingerprint density at radius 2 is 1.84 bits per heavy atom. The number of hydrogen-bond acceptors (Lipinski definition) is 5. The molecule has 1 fully saturated rings. The second-order valence-corrected chi connectivity index (χ2v) is 9.41. The fraction of sp³-hybridized carbons (Fsp3) is 0.263. The van der Waals surface area contributed by atoms with Crippen molar-refractivity contribution in [3.05, 3.63) is 56.8 Å². The molecule has 2 aromatic carbocycles. The van der Waals surface area contributed by atoms with E-state index >= 15 is 0 Å². The van der Waals surface area contributed by atoms with E-state index in [9.17, 15) is 17.6 Å². The zero-order chi connectivity index (χ0) is 22.3. The van der Waals surface area contributed by atoms with Gasteiger partial charge in [-0.25, -0.2) is 9.37 Å². The van der Waals surface area contributed by atoms with Crippen molar-refractivity contribution in [3.63, 3.8) is 0 Å². The van der Waals surface area contributed by atoms with Crippen molar-refractivity contribution >= 4 is 50.0 Å². The van der Waals surface area contributed by atoms with E-state index in [1.54, 1.807) is 0 Å². The van der Waals surface area contributed by atoms with Crippen molar-refractivity contribution in [1.29, 1.82) is 0 Å². The number of fused-ring (bicyclic) bond motifs is 1. The number of aromatic nitrogens is 2. The molecule has 31 heavy (non-hydrogen) atoms. The van der Waals surface area contributed by atoms with Gasteiger partial charge in [0.15, 0.2) is 11.6 Å². The van der Waals surface area contributed by atoms with Crippen LogP contribution < -0.4 is 15.0 Å². The Labute approximate surface area is 187 Å². The molecule has 0 atom stereocenters. The van der Waals surface area contributed by atoms with Crippen molar-refractivity contribution < 1.29 is 17.5 Å². The minimum Gasteiger partial charge on any atom is -0.451 e. The molecule has 0 saturated carbocycles. The number of rotatable bonds is 5. The Morgan fingerprint density at radius 3 is 2.55 bits per heavy atom. The molecule has 0 bridgehead atoms. The van der Waals surface area contributed by atoms with Crippen LogP contribution in [0.5, 0.6) is 11.5 Å². The number of anilines is 1. The maximum atomic E-state index is 14.5. The third-order valence-electron chi connectivity index (χ3n) is 4.89. The van der Waals surface area contributed by atoms with Gasteiger partial charge in [0.1, 0.15) is 10.8 Å². The Hall–Kier alpha value is -2.40. The summed E-state index contributed by atoms with van der Waals surface area (Å²) in [6.07, 6.45) is 2.89. The molecule has 164 valence electrons. The van der Waals surface area contributed by atoms with Crippen LogP contribution in [0.25, 0.3) is 10.9 Å². The van der Waals surface area contributed by atoms with E-state index in [0.717, 1.165) is 18.9 Å². The lowest BCUT2D eigenvalue weighted by atomic mass is 10.2. The molecule has 8 nitrogen and oxygen atoms in total. The van der Waals surface area contributed by atoms with Crippen molar-refractivity contribution in [2.75, 3.05) is 17.8 Å². The van der Waals surface area contributed by atoms with Gasteiger partial charge in [0.25, 0.3) is 5.56 Å². The number of nitrogens with one attached hydrogen (secondary N) is 1. The average Bonchev–Trinajstić information content (AvgIpc) is 3.27. The smallest absolute Gasteiger partial charge is 0.301 e. The molecule has 0 spiro atoms. The molecule has 1 saturated heterocycles. The van der Waals surface area contributed by atoms with Gasteiger partial charge >= 0.3 is 10.2 Å². The van der Waals surface area contributed by atoms with Crippen LogP contribution in [0.15, 0.2) is 35.4 Å². The third kappa shape index (κ3) is 4.08. The Bertz CT molecular complexity index is 1340. The lowest BCUT2D eigenvalue weighted by Crippen LogP contribution is -2.33. The number of hydrogen-bond donors (Lipinski definition) is 1. The summed E-state index contributed by atoms with van der Waals surface area (Å²) < 4.78 is 50.1. The Kier molecular flexibility index (Phi) is 5.82. The molecule has 12 heteroatoms. The van der Waals surface area contributed by atoms with Gasteiger partial charge in [-0.3, -0.25) is 9.52 Å². The van der Waals surface area contributed by atoms with Gasteiger partial charge in [-0.1, -0.05) is 23.2 Å². The standard InChI is InChI=1S/C19H17Cl2FN4O4S/c1-25-10-23-12-6-7-14(17(21)15(12)19(25)27)30-18-11(22)4-5-13(16(18)20)24-31(28,29)26-8-2-3-9-26/h4-7,10,24H,2-3,8-9H2,1H3. The molecule has 0 radical (unpaired) electrons. The molecular formula is C19H17Cl2FN4O4S. The molecule has 1 aliphatic rings. The van der Waals surface area contributed by atoms with Crippen molar-refractivity contribution in [2.45, 2.75) is 12.8 Å². The topological polar surface area (TPSA) is 93.5 Å². The van der Waals surface area contributed by atoms with Gasteiger partial charge in [0.05, 0.1) is 27.9 Å². The van der Waals surface area contributed by atoms with Crippen LogP contribution >= 0.6 is 23.2 Å². The highest BCUT2D eigenvalue weighted by Crippen LogP contribution is 2.41. The van der Waals surface area contributed by atoms with E-state index in [4.69, 9.17) is 27.9 Å². The minimum atomic E-state index is -3.84. The molecule has 0 aliphatic carbocycles. The first-order chi connectivity index (χ1) is 14.7. The van der Waals surface area contributed by atoms with Crippen molar-refractivity contribution in [3.8, 4) is 11.5 Å². The lowest BCUT2D eigenvalue weighted by molar-refractivity contribution is 0.443. The molecule has 0 amide bonds. The van der Waals surface area contributed by atoms with Gasteiger partial charge in [0.2, 0.25) is 0 Å². The molecule has 1 aromatic heterocycles. The maximum absolute atomic E-state index is 14.5. The van der Waals surface area contributed by atoms with Crippen LogP contribution in [0.2, 0.25) is 10.0 Å². The predicted octanol–water partition coefficient (Wildman–Crippen LogP) is 3.92. The zero-order valence-corrected chi connectivity index (χ0v) is 18.6. The average molecular weight is 487 g/mol. The summed E-state index contributed by atoms with van der Waals surface area (Å²) in [5.41, 5.74) is -0.0993. The van der Waals surface area contributed by atoms with Crippen molar-refractivity contribution in [1.82, 2.24) is 13.9 Å². The van der Waals surface area contributed by atoms with Crippen molar-refractivity contribution in [2.24, 2.45) is 7.05 Å². The summed E-state index contributed by atoms with van der Waals surface area (Å²) in [5, 5.41) is -0.241. The summed E-state index contributed by atoms with van der Waals surface area (Å²) in [5.74, 6) is -1.28. The van der Waals surface area contributed by atoms with Crippen LogP contribution in [-0.2, 0) is 17.3 Å². The summed E-state index contributed by atoms with van der Waals surface area (Å²) in [6.45, 7) is 0.792. The molecule has 3 aromatic rings. The first-order valence-electron chi connectivity index (χ1n) is 9.26. The maximum Gasteiger partial charge on any atom is 0.301 e. The minimum absolute atomic E-state index is 0.0281. The fourth-order valence-corrected chi connectivity index (χ4v) is 5.15. The van der Waals surface area contributed by atoms with E-state index in [0.29, 0.717) is 18.6 Å². The van der Waals surface area contributed by atoms with Gasteiger partial charge in [0, 0.05) is 20.1 Å². The number of aryl methyl sites for hydroxylation is 1. The first-order valence-corrected chi connectivity index (χ1v) is 11.5. The number of benzene rings is 2. The van der Waals surface area contributed by atoms with Gasteiger partial charge in [-0.05, 0) is 37.1 Å². The van der Waals surface area contributed by atoms with E-state index in [2.05, 4.69) is 9.71 Å². The third-order valence-corrected chi connectivity index (χ3v) is 7.17. The largest absolute Gasteiger partial charge is 0.451 e. The lowest BCUT2D eigenvalue weighted by Gasteiger charge is -2.19. The second-order valence-electron chi connectivity index (χ2n) is 6.99. The second kappa shape index (κ2) is 8.27. The van der Waals surface area contributed by atoms with Gasteiger partial charge < -0.3 is 9.30 Å². The van der Waals surface area contributed by atoms with E-state index in [-0.39, 0.29) is 26.9 Å². The highest BCUT2D eigenvalue weighted by molar-refractivity contribution is 7.90. The summed E-state index contributed by atoms with van der Waals surface area (Å²) in [4.78, 5) is 16.5. The predicted molar refractivity (Wildman–Crippen MR) is 117 cm³/mol. The van der Waals surface area contributed by atoms with Crippen LogP contribution in [-0.4, -0.2) is 35.4 Å². The molecule has 4 rings (SSSR count). The normalized spacial score (nSPS) is 14.8. The summed E-state index contributed by atoms with van der Waals surface area (Å²) in [6, 6.07) is 5.16. The molecular weight excluding hydrogens is 470 g/mol. The van der Waals surface area contributed by atoms with Crippen LogP contribution in [0.3, 0.4) is 0 Å².